The molecule has 0 aliphatic carbocycles. The van der Waals surface area contributed by atoms with Crippen molar-refractivity contribution in [2.24, 2.45) is 0 Å². The van der Waals surface area contributed by atoms with Crippen molar-refractivity contribution in [3.63, 3.8) is 0 Å². The van der Waals surface area contributed by atoms with E-state index in [9.17, 15) is 0 Å². The third-order valence-corrected chi connectivity index (χ3v) is 2.46. The largest absolute Gasteiger partial charge is 0.383 e. The van der Waals surface area contributed by atoms with Crippen molar-refractivity contribution in [1.29, 1.82) is 5.26 Å². The van der Waals surface area contributed by atoms with E-state index in [1.165, 1.54) is 11.5 Å². The summed E-state index contributed by atoms with van der Waals surface area (Å²) in [6.45, 7) is 3.16. The maximum Gasteiger partial charge on any atom is 0.127 e. The van der Waals surface area contributed by atoms with Gasteiger partial charge in [0.25, 0.3) is 0 Å². The van der Waals surface area contributed by atoms with Crippen LogP contribution >= 0.6 is 11.5 Å². The average Bonchev–Trinajstić information content (AvgIpc) is 2.47. The monoisotopic (exact) mass is 197 g/mol. The highest BCUT2D eigenvalue weighted by Gasteiger charge is 2.08. The fraction of sp³-hybridized carbons (Fsp3) is 0.500. The Kier molecular flexibility index (Phi) is 3.68. The first-order valence-electron chi connectivity index (χ1n) is 3.88. The summed E-state index contributed by atoms with van der Waals surface area (Å²) in [5.74, 6) is 0. The van der Waals surface area contributed by atoms with Crippen LogP contribution in [0.5, 0.6) is 0 Å². The standard InChI is InChI=1S/C8H11N3OS/c1-6-7(5-9)8(13-11-6)10-3-4-12-2/h10H,3-4H2,1-2H3. The van der Waals surface area contributed by atoms with Gasteiger partial charge in [0.2, 0.25) is 0 Å². The molecule has 0 fully saturated rings. The zero-order chi connectivity index (χ0) is 9.68. The number of methoxy groups -OCH3 is 1. The van der Waals surface area contributed by atoms with E-state index in [-0.39, 0.29) is 0 Å². The summed E-state index contributed by atoms with van der Waals surface area (Å²) in [5.41, 5.74) is 1.42. The lowest BCUT2D eigenvalue weighted by molar-refractivity contribution is 0.211. The second-order valence-corrected chi connectivity index (χ2v) is 3.28. The van der Waals surface area contributed by atoms with Crippen molar-refractivity contribution >= 4 is 16.5 Å². The van der Waals surface area contributed by atoms with E-state index < -0.39 is 0 Å². The van der Waals surface area contributed by atoms with Gasteiger partial charge in [-0.2, -0.15) is 9.64 Å². The number of anilines is 1. The van der Waals surface area contributed by atoms with Gasteiger partial charge in [0.05, 0.1) is 12.3 Å². The number of nitrogens with one attached hydrogen (secondary N) is 1. The van der Waals surface area contributed by atoms with E-state index >= 15 is 0 Å². The van der Waals surface area contributed by atoms with E-state index in [1.807, 2.05) is 6.92 Å². The molecule has 0 aromatic carbocycles. The van der Waals surface area contributed by atoms with Crippen molar-refractivity contribution in [3.8, 4) is 6.07 Å². The number of ether oxygens (including phenoxy) is 1. The van der Waals surface area contributed by atoms with Gasteiger partial charge in [0, 0.05) is 13.7 Å². The van der Waals surface area contributed by atoms with Crippen molar-refractivity contribution < 1.29 is 4.74 Å². The molecule has 1 aromatic rings. The molecule has 0 aliphatic heterocycles. The minimum atomic E-state index is 0.627. The van der Waals surface area contributed by atoms with E-state index in [0.29, 0.717) is 18.7 Å². The molecule has 1 N–H and O–H groups in total. The molecule has 1 heterocycles. The zero-order valence-corrected chi connectivity index (χ0v) is 8.44. The topological polar surface area (TPSA) is 57.9 Å². The number of hydrogen-bond donors (Lipinski definition) is 1. The predicted octanol–water partition coefficient (Wildman–Crippen LogP) is 1.38. The second-order valence-electron chi connectivity index (χ2n) is 2.50. The van der Waals surface area contributed by atoms with Crippen LogP contribution in [0.2, 0.25) is 0 Å². The Morgan fingerprint density at radius 2 is 2.46 bits per heavy atom. The smallest absolute Gasteiger partial charge is 0.127 e. The van der Waals surface area contributed by atoms with Gasteiger partial charge in [-0.05, 0) is 18.5 Å². The summed E-state index contributed by atoms with van der Waals surface area (Å²) in [7, 11) is 1.64. The van der Waals surface area contributed by atoms with E-state index in [0.717, 1.165) is 10.7 Å². The molecular weight excluding hydrogens is 186 g/mol. The average molecular weight is 197 g/mol. The Bertz CT molecular complexity index is 316. The van der Waals surface area contributed by atoms with Gasteiger partial charge in [-0.25, -0.2) is 0 Å². The molecule has 70 valence electrons. The van der Waals surface area contributed by atoms with Crippen LogP contribution in [0.3, 0.4) is 0 Å². The minimum Gasteiger partial charge on any atom is -0.383 e. The first-order valence-corrected chi connectivity index (χ1v) is 4.66. The zero-order valence-electron chi connectivity index (χ0n) is 7.63. The number of aromatic nitrogens is 1. The number of hydrogen-bond acceptors (Lipinski definition) is 5. The number of rotatable bonds is 4. The molecule has 0 amide bonds. The van der Waals surface area contributed by atoms with Crippen molar-refractivity contribution in [2.45, 2.75) is 6.92 Å². The molecular formula is C8H11N3OS. The highest BCUT2D eigenvalue weighted by molar-refractivity contribution is 7.10. The van der Waals surface area contributed by atoms with Crippen LogP contribution in [-0.4, -0.2) is 24.6 Å². The fourth-order valence-electron chi connectivity index (χ4n) is 0.889. The molecule has 4 nitrogen and oxygen atoms in total. The molecule has 5 heteroatoms. The number of aryl methyl sites for hydroxylation is 1. The van der Waals surface area contributed by atoms with Gasteiger partial charge in [-0.1, -0.05) is 0 Å². The lowest BCUT2D eigenvalue weighted by Crippen LogP contribution is -2.07. The quantitative estimate of drug-likeness (QED) is 0.741. The lowest BCUT2D eigenvalue weighted by Gasteiger charge is -2.01. The van der Waals surface area contributed by atoms with Gasteiger partial charge in [0.1, 0.15) is 16.6 Å². The third-order valence-electron chi connectivity index (χ3n) is 1.57. The molecule has 0 radical (unpaired) electrons. The first kappa shape index (κ1) is 9.96. The van der Waals surface area contributed by atoms with Crippen molar-refractivity contribution in [1.82, 2.24) is 4.37 Å². The van der Waals surface area contributed by atoms with Crippen molar-refractivity contribution in [2.75, 3.05) is 25.6 Å². The Balaban J connectivity index is 2.62. The SMILES string of the molecule is COCCNc1snc(C)c1C#N. The summed E-state index contributed by atoms with van der Waals surface area (Å²) in [5, 5.41) is 12.7. The van der Waals surface area contributed by atoms with Crippen LogP contribution in [-0.2, 0) is 4.74 Å². The van der Waals surface area contributed by atoms with Gasteiger partial charge in [-0.15, -0.1) is 0 Å². The van der Waals surface area contributed by atoms with Crippen LogP contribution in [0.25, 0.3) is 0 Å². The molecule has 1 rings (SSSR count). The van der Waals surface area contributed by atoms with E-state index in [1.54, 1.807) is 7.11 Å². The normalized spacial score (nSPS) is 9.62. The van der Waals surface area contributed by atoms with Crippen LogP contribution < -0.4 is 5.32 Å². The fourth-order valence-corrected chi connectivity index (χ4v) is 1.66. The molecule has 0 spiro atoms. The molecule has 0 aliphatic rings. The molecule has 0 bridgehead atoms. The second kappa shape index (κ2) is 4.80. The van der Waals surface area contributed by atoms with Gasteiger partial charge in [0.15, 0.2) is 0 Å². The Morgan fingerprint density at radius 3 is 3.08 bits per heavy atom. The summed E-state index contributed by atoms with van der Waals surface area (Å²) < 4.78 is 8.96. The predicted molar refractivity (Wildman–Crippen MR) is 51.9 cm³/mol. The lowest BCUT2D eigenvalue weighted by atomic mass is 10.3. The summed E-state index contributed by atoms with van der Waals surface area (Å²) in [6, 6.07) is 2.12. The summed E-state index contributed by atoms with van der Waals surface area (Å²) in [4.78, 5) is 0. The first-order chi connectivity index (χ1) is 6.29. The minimum absolute atomic E-state index is 0.627. The van der Waals surface area contributed by atoms with Crippen molar-refractivity contribution in [3.05, 3.63) is 11.3 Å². The highest BCUT2D eigenvalue weighted by atomic mass is 32.1. The number of nitrogens with zero attached hydrogens (tertiary/aromatic N) is 2. The molecule has 1 aromatic heterocycles. The van der Waals surface area contributed by atoms with Gasteiger partial charge >= 0.3 is 0 Å². The van der Waals surface area contributed by atoms with Gasteiger partial charge < -0.3 is 10.1 Å². The third kappa shape index (κ3) is 2.41. The summed E-state index contributed by atoms with van der Waals surface area (Å²) >= 11 is 1.31. The van der Waals surface area contributed by atoms with Crippen LogP contribution in [0.15, 0.2) is 0 Å². The van der Waals surface area contributed by atoms with Gasteiger partial charge in [-0.3, -0.25) is 0 Å². The van der Waals surface area contributed by atoms with E-state index in [2.05, 4.69) is 15.8 Å². The molecule has 13 heavy (non-hydrogen) atoms. The maximum atomic E-state index is 8.79. The highest BCUT2D eigenvalue weighted by Crippen LogP contribution is 2.22. The Hall–Kier alpha value is -1.12. The molecule has 0 saturated heterocycles. The Labute approximate surface area is 81.3 Å². The molecule has 0 saturated carbocycles. The van der Waals surface area contributed by atoms with Crippen LogP contribution in [0.1, 0.15) is 11.3 Å². The van der Waals surface area contributed by atoms with E-state index in [4.69, 9.17) is 10.00 Å². The summed E-state index contributed by atoms with van der Waals surface area (Å²) in [6.07, 6.45) is 0. The molecule has 0 unspecified atom stereocenters. The van der Waals surface area contributed by atoms with Crippen LogP contribution in [0, 0.1) is 18.3 Å². The van der Waals surface area contributed by atoms with Crippen LogP contribution in [0.4, 0.5) is 5.00 Å². The number of nitriles is 1. The Morgan fingerprint density at radius 1 is 1.69 bits per heavy atom. The molecule has 0 atom stereocenters. The maximum absolute atomic E-state index is 8.79.